The van der Waals surface area contributed by atoms with Crippen LogP contribution in [-0.4, -0.2) is 30.5 Å². The molecule has 1 aromatic rings. The maximum Gasteiger partial charge on any atom is 0.213 e. The fourth-order valence-corrected chi connectivity index (χ4v) is 1.62. The van der Waals surface area contributed by atoms with E-state index in [9.17, 15) is 4.79 Å². The third kappa shape index (κ3) is 2.76. The fraction of sp³-hybridized carbons (Fsp3) is 0.455. The van der Waals surface area contributed by atoms with Crippen molar-refractivity contribution in [3.05, 3.63) is 23.9 Å². The first-order valence-corrected chi connectivity index (χ1v) is 5.17. The topological polar surface area (TPSA) is 51.2 Å². The quantitative estimate of drug-likeness (QED) is 0.750. The number of rotatable bonds is 3. The molecule has 0 saturated carbocycles. The summed E-state index contributed by atoms with van der Waals surface area (Å²) in [5.41, 5.74) is 0.577. The summed E-state index contributed by atoms with van der Waals surface area (Å²) in [5, 5.41) is 3.27. The molecule has 0 unspecified atom stereocenters. The van der Waals surface area contributed by atoms with Crippen LogP contribution in [0, 0.1) is 0 Å². The molecule has 0 spiro atoms. The Morgan fingerprint density at radius 2 is 2.20 bits per heavy atom. The number of carbonyl (C=O) groups is 1. The molecule has 1 aromatic heterocycles. The number of piperidine rings is 1. The van der Waals surface area contributed by atoms with Crippen LogP contribution in [0.25, 0.3) is 0 Å². The van der Waals surface area contributed by atoms with Gasteiger partial charge in [0.25, 0.3) is 0 Å². The van der Waals surface area contributed by atoms with Gasteiger partial charge in [-0.15, -0.1) is 0 Å². The smallest absolute Gasteiger partial charge is 0.213 e. The Bertz CT molecular complexity index is 318. The molecule has 80 valence electrons. The second kappa shape index (κ2) is 4.89. The number of hydrogen-bond acceptors (Lipinski definition) is 4. The molecule has 0 atom stereocenters. The van der Waals surface area contributed by atoms with Crippen molar-refractivity contribution < 1.29 is 9.53 Å². The maximum atomic E-state index is 10.4. The van der Waals surface area contributed by atoms with Crippen molar-refractivity contribution in [1.82, 2.24) is 10.3 Å². The molecule has 1 aliphatic heterocycles. The van der Waals surface area contributed by atoms with E-state index in [-0.39, 0.29) is 6.10 Å². The predicted molar refractivity (Wildman–Crippen MR) is 56.1 cm³/mol. The van der Waals surface area contributed by atoms with E-state index in [1.807, 2.05) is 0 Å². The third-order valence-corrected chi connectivity index (χ3v) is 2.47. The van der Waals surface area contributed by atoms with Crippen LogP contribution in [0.4, 0.5) is 0 Å². The molecule has 0 aromatic carbocycles. The van der Waals surface area contributed by atoms with Crippen molar-refractivity contribution in [2.75, 3.05) is 13.1 Å². The zero-order valence-corrected chi connectivity index (χ0v) is 8.48. The molecule has 2 rings (SSSR count). The number of hydrogen-bond donors (Lipinski definition) is 1. The number of nitrogens with one attached hydrogen (secondary N) is 1. The summed E-state index contributed by atoms with van der Waals surface area (Å²) in [7, 11) is 0. The highest BCUT2D eigenvalue weighted by Crippen LogP contribution is 2.13. The standard InChI is InChI=1S/C11H14N2O2/c14-8-9-1-2-11(13-7-9)15-10-3-5-12-6-4-10/h1-2,7-8,10,12H,3-6H2. The number of nitrogens with zero attached hydrogens (tertiary/aromatic N) is 1. The molecule has 0 bridgehead atoms. The monoisotopic (exact) mass is 206 g/mol. The molecule has 1 saturated heterocycles. The van der Waals surface area contributed by atoms with E-state index in [0.29, 0.717) is 11.4 Å². The van der Waals surface area contributed by atoms with E-state index in [4.69, 9.17) is 4.74 Å². The van der Waals surface area contributed by atoms with Gasteiger partial charge >= 0.3 is 0 Å². The maximum absolute atomic E-state index is 10.4. The second-order valence-electron chi connectivity index (χ2n) is 3.61. The van der Waals surface area contributed by atoms with Crippen LogP contribution in [0.1, 0.15) is 23.2 Å². The van der Waals surface area contributed by atoms with Gasteiger partial charge in [0.2, 0.25) is 5.88 Å². The first kappa shape index (κ1) is 10.1. The minimum atomic E-state index is 0.251. The van der Waals surface area contributed by atoms with Crippen LogP contribution >= 0.6 is 0 Å². The minimum Gasteiger partial charge on any atom is -0.474 e. The van der Waals surface area contributed by atoms with Gasteiger partial charge in [-0.1, -0.05) is 0 Å². The lowest BCUT2D eigenvalue weighted by atomic mass is 10.1. The van der Waals surface area contributed by atoms with E-state index in [2.05, 4.69) is 10.3 Å². The number of aldehydes is 1. The Labute approximate surface area is 88.7 Å². The first-order valence-electron chi connectivity index (χ1n) is 5.17. The van der Waals surface area contributed by atoms with E-state index < -0.39 is 0 Å². The molecule has 15 heavy (non-hydrogen) atoms. The second-order valence-corrected chi connectivity index (χ2v) is 3.61. The SMILES string of the molecule is O=Cc1ccc(OC2CCNCC2)nc1. The van der Waals surface area contributed by atoms with Gasteiger partial charge < -0.3 is 10.1 Å². The summed E-state index contributed by atoms with van der Waals surface area (Å²) in [4.78, 5) is 14.5. The van der Waals surface area contributed by atoms with Crippen molar-refractivity contribution in [3.63, 3.8) is 0 Å². The average Bonchev–Trinajstić information content (AvgIpc) is 2.31. The zero-order valence-electron chi connectivity index (χ0n) is 8.48. The molecule has 2 heterocycles. The summed E-state index contributed by atoms with van der Waals surface area (Å²) in [6, 6.07) is 3.46. The average molecular weight is 206 g/mol. The Morgan fingerprint density at radius 1 is 1.40 bits per heavy atom. The molecule has 0 radical (unpaired) electrons. The zero-order chi connectivity index (χ0) is 10.5. The predicted octanol–water partition coefficient (Wildman–Crippen LogP) is 1.02. The van der Waals surface area contributed by atoms with Crippen molar-refractivity contribution in [2.45, 2.75) is 18.9 Å². The van der Waals surface area contributed by atoms with E-state index in [1.165, 1.54) is 6.20 Å². The Balaban J connectivity index is 1.94. The summed E-state index contributed by atoms with van der Waals surface area (Å²) < 4.78 is 5.69. The Hall–Kier alpha value is -1.42. The number of pyridine rings is 1. The third-order valence-electron chi connectivity index (χ3n) is 2.47. The van der Waals surface area contributed by atoms with Crippen molar-refractivity contribution in [1.29, 1.82) is 0 Å². The van der Waals surface area contributed by atoms with Gasteiger partial charge in [0.1, 0.15) is 6.10 Å². The summed E-state index contributed by atoms with van der Waals surface area (Å²) in [6.07, 6.45) is 4.58. The molecule has 1 N–H and O–H groups in total. The largest absolute Gasteiger partial charge is 0.474 e. The molecule has 4 nitrogen and oxygen atoms in total. The lowest BCUT2D eigenvalue weighted by Crippen LogP contribution is -2.34. The van der Waals surface area contributed by atoms with Gasteiger partial charge in [-0.2, -0.15) is 0 Å². The van der Waals surface area contributed by atoms with Gasteiger partial charge in [-0.25, -0.2) is 4.98 Å². The van der Waals surface area contributed by atoms with Crippen LogP contribution < -0.4 is 10.1 Å². The molecule has 1 aliphatic rings. The number of carbonyl (C=O) groups excluding carboxylic acids is 1. The molecule has 4 heteroatoms. The van der Waals surface area contributed by atoms with Gasteiger partial charge in [-0.05, 0) is 32.0 Å². The molecular formula is C11H14N2O2. The van der Waals surface area contributed by atoms with E-state index in [0.717, 1.165) is 32.2 Å². The van der Waals surface area contributed by atoms with Crippen molar-refractivity contribution >= 4 is 6.29 Å². The summed E-state index contributed by atoms with van der Waals surface area (Å²) in [6.45, 7) is 1.99. The molecular weight excluding hydrogens is 192 g/mol. The Morgan fingerprint density at radius 3 is 2.80 bits per heavy atom. The lowest BCUT2D eigenvalue weighted by molar-refractivity contribution is 0.112. The summed E-state index contributed by atoms with van der Waals surface area (Å²) in [5.74, 6) is 0.604. The normalized spacial score (nSPS) is 17.3. The molecule has 0 amide bonds. The van der Waals surface area contributed by atoms with Gasteiger partial charge in [-0.3, -0.25) is 4.79 Å². The number of ether oxygens (including phenoxy) is 1. The van der Waals surface area contributed by atoms with Crippen LogP contribution in [0.5, 0.6) is 5.88 Å². The van der Waals surface area contributed by atoms with Crippen molar-refractivity contribution in [3.8, 4) is 5.88 Å². The van der Waals surface area contributed by atoms with E-state index in [1.54, 1.807) is 12.1 Å². The summed E-state index contributed by atoms with van der Waals surface area (Å²) >= 11 is 0. The highest BCUT2D eigenvalue weighted by Gasteiger charge is 2.14. The van der Waals surface area contributed by atoms with Crippen molar-refractivity contribution in [2.24, 2.45) is 0 Å². The lowest BCUT2D eigenvalue weighted by Gasteiger charge is -2.23. The van der Waals surface area contributed by atoms with Crippen LogP contribution in [0.3, 0.4) is 0 Å². The van der Waals surface area contributed by atoms with Gasteiger partial charge in [0.15, 0.2) is 6.29 Å². The molecule has 1 fully saturated rings. The highest BCUT2D eigenvalue weighted by atomic mass is 16.5. The number of aromatic nitrogens is 1. The fourth-order valence-electron chi connectivity index (χ4n) is 1.62. The van der Waals surface area contributed by atoms with E-state index >= 15 is 0 Å². The highest BCUT2D eigenvalue weighted by molar-refractivity contribution is 5.73. The van der Waals surface area contributed by atoms with Gasteiger partial charge in [0.05, 0.1) is 0 Å². The van der Waals surface area contributed by atoms with Crippen LogP contribution in [0.2, 0.25) is 0 Å². The minimum absolute atomic E-state index is 0.251. The van der Waals surface area contributed by atoms with Crippen LogP contribution in [-0.2, 0) is 0 Å². The Kier molecular flexibility index (Phi) is 3.29. The molecule has 0 aliphatic carbocycles. The first-order chi connectivity index (χ1) is 7.38. The van der Waals surface area contributed by atoms with Crippen LogP contribution in [0.15, 0.2) is 18.3 Å². The van der Waals surface area contributed by atoms with Gasteiger partial charge in [0, 0.05) is 17.8 Å².